The van der Waals surface area contributed by atoms with Crippen molar-refractivity contribution < 1.29 is 38.7 Å². The van der Waals surface area contributed by atoms with Crippen LogP contribution < -0.4 is 18.9 Å². The highest BCUT2D eigenvalue weighted by molar-refractivity contribution is 7.24. The maximum absolute atomic E-state index is 12.1. The molecule has 0 atom stereocenters. The van der Waals surface area contributed by atoms with Crippen LogP contribution in [0.5, 0.6) is 23.0 Å². The minimum atomic E-state index is -1.17. The van der Waals surface area contributed by atoms with Crippen LogP contribution in [-0.4, -0.2) is 63.5 Å². The van der Waals surface area contributed by atoms with Gasteiger partial charge in [-0.05, 0) is 42.0 Å². The van der Waals surface area contributed by atoms with Gasteiger partial charge in [-0.25, -0.2) is 14.6 Å². The summed E-state index contributed by atoms with van der Waals surface area (Å²) >= 11 is 3.03. The number of aromatic nitrogens is 3. The van der Waals surface area contributed by atoms with Crippen molar-refractivity contribution in [2.45, 2.75) is 12.8 Å². The average molecular weight is 630 g/mol. The normalized spacial score (nSPS) is 14.0. The van der Waals surface area contributed by atoms with Gasteiger partial charge in [0.2, 0.25) is 0 Å². The predicted molar refractivity (Wildman–Crippen MR) is 162 cm³/mol. The quantitative estimate of drug-likeness (QED) is 0.215. The molecule has 0 bridgehead atoms. The molecule has 2 N–H and O–H groups in total. The van der Waals surface area contributed by atoms with Crippen LogP contribution in [0, 0.1) is 0 Å². The second kappa shape index (κ2) is 11.6. The topological polar surface area (TPSA) is 150 Å². The fraction of sp³-hybridized carbons (Fsp3) is 0.194. The average Bonchev–Trinajstić information content (AvgIpc) is 3.38. The number of nitrogens with zero attached hydrogens (tertiary/aromatic N) is 3. The molecule has 2 aliphatic heterocycles. The van der Waals surface area contributed by atoms with E-state index < -0.39 is 11.9 Å². The van der Waals surface area contributed by atoms with E-state index in [4.69, 9.17) is 18.9 Å². The SMILES string of the molecule is O=C(O)c1ccnc(-c2cc(C(=O)O)cc(-c3cc(-c4sc(-c5scc6c5OCCCO6)c5c4OCCCO5)ccn3)n2)c1. The van der Waals surface area contributed by atoms with Gasteiger partial charge in [-0.2, -0.15) is 0 Å². The first-order valence-corrected chi connectivity index (χ1v) is 15.4. The first-order valence-electron chi connectivity index (χ1n) is 13.7. The van der Waals surface area contributed by atoms with E-state index >= 15 is 0 Å². The summed E-state index contributed by atoms with van der Waals surface area (Å²) in [7, 11) is 0. The number of hydrogen-bond acceptors (Lipinski definition) is 11. The van der Waals surface area contributed by atoms with Crippen molar-refractivity contribution in [2.24, 2.45) is 0 Å². The summed E-state index contributed by atoms with van der Waals surface area (Å²) in [5, 5.41) is 21.2. The highest BCUT2D eigenvalue weighted by Gasteiger charge is 2.30. The molecule has 7 heterocycles. The third-order valence-electron chi connectivity index (χ3n) is 6.94. The number of carboxylic acid groups (broad SMARTS) is 2. The van der Waals surface area contributed by atoms with Crippen molar-refractivity contribution in [1.29, 1.82) is 0 Å². The Labute approximate surface area is 258 Å². The molecule has 0 radical (unpaired) electrons. The predicted octanol–water partition coefficient (Wildman–Crippen LogP) is 6.38. The summed E-state index contributed by atoms with van der Waals surface area (Å²) < 4.78 is 24.4. The van der Waals surface area contributed by atoms with Gasteiger partial charge in [0, 0.05) is 30.6 Å². The number of pyridine rings is 3. The van der Waals surface area contributed by atoms with Gasteiger partial charge < -0.3 is 29.2 Å². The maximum Gasteiger partial charge on any atom is 0.335 e. The standard InChI is InChI=1S/C31H23N3O8S2/c35-30(36)17-4-6-33-20(12-17)22-14-18(31(37)38)13-21(34-22)19-11-16(3-5-32-19)27-25-26(42-10-2-9-41-25)29(44-27)28-24-23(15-43-28)39-7-1-8-40-24/h3-6,11-15H,1-2,7-10H2,(H,35,36)(H,37,38). The van der Waals surface area contributed by atoms with E-state index in [2.05, 4.69) is 15.0 Å². The van der Waals surface area contributed by atoms with E-state index in [1.165, 1.54) is 53.1 Å². The van der Waals surface area contributed by atoms with Crippen LogP contribution in [0.2, 0.25) is 0 Å². The summed E-state index contributed by atoms with van der Waals surface area (Å²) in [4.78, 5) is 39.5. The largest absolute Gasteiger partial charge is 0.489 e. The van der Waals surface area contributed by atoms with Gasteiger partial charge in [0.25, 0.3) is 0 Å². The summed E-state index contributed by atoms with van der Waals surface area (Å²) in [6.07, 6.45) is 4.50. The molecular formula is C31H23N3O8S2. The van der Waals surface area contributed by atoms with E-state index in [0.717, 1.165) is 38.8 Å². The van der Waals surface area contributed by atoms with E-state index in [1.54, 1.807) is 6.20 Å². The summed E-state index contributed by atoms with van der Waals surface area (Å²) in [5.41, 5.74) is 1.90. The van der Waals surface area contributed by atoms with Gasteiger partial charge in [0.05, 0.1) is 75.0 Å². The van der Waals surface area contributed by atoms with Crippen LogP contribution in [-0.2, 0) is 0 Å². The fourth-order valence-corrected chi connectivity index (χ4v) is 7.14. The van der Waals surface area contributed by atoms with Crippen molar-refractivity contribution in [3.8, 4) is 66.0 Å². The Bertz CT molecular complexity index is 1920. The number of thiophene rings is 2. The molecule has 0 saturated heterocycles. The van der Waals surface area contributed by atoms with Gasteiger partial charge in [-0.3, -0.25) is 9.97 Å². The summed E-state index contributed by atoms with van der Waals surface area (Å²) in [5.74, 6) is 0.399. The first-order chi connectivity index (χ1) is 21.5. The lowest BCUT2D eigenvalue weighted by Crippen LogP contribution is -2.02. The van der Waals surface area contributed by atoms with Gasteiger partial charge in [-0.1, -0.05) is 0 Å². The fourth-order valence-electron chi connectivity index (χ4n) is 4.88. The Morgan fingerprint density at radius 2 is 1.25 bits per heavy atom. The lowest BCUT2D eigenvalue weighted by Gasteiger charge is -2.09. The molecule has 0 saturated carbocycles. The molecule has 222 valence electrons. The molecule has 44 heavy (non-hydrogen) atoms. The molecule has 0 spiro atoms. The van der Waals surface area contributed by atoms with Crippen molar-refractivity contribution in [3.05, 3.63) is 65.3 Å². The van der Waals surface area contributed by atoms with Crippen LogP contribution in [0.3, 0.4) is 0 Å². The van der Waals surface area contributed by atoms with E-state index in [1.807, 2.05) is 17.5 Å². The Balaban J connectivity index is 1.34. The highest BCUT2D eigenvalue weighted by atomic mass is 32.1. The second-order valence-electron chi connectivity index (χ2n) is 9.87. The molecule has 0 aromatic carbocycles. The Hall–Kier alpha value is -5.01. The molecule has 0 amide bonds. The minimum Gasteiger partial charge on any atom is -0.489 e. The molecule has 13 heteroatoms. The molecule has 2 aliphatic rings. The van der Waals surface area contributed by atoms with Gasteiger partial charge in [-0.15, -0.1) is 22.7 Å². The number of carbonyl (C=O) groups is 2. The van der Waals surface area contributed by atoms with Gasteiger partial charge in [0.15, 0.2) is 23.0 Å². The smallest absolute Gasteiger partial charge is 0.335 e. The molecule has 5 aromatic rings. The number of carboxylic acids is 2. The number of fused-ring (bicyclic) bond motifs is 2. The van der Waals surface area contributed by atoms with Crippen LogP contribution >= 0.6 is 22.7 Å². The third kappa shape index (κ3) is 5.20. The van der Waals surface area contributed by atoms with E-state index in [-0.39, 0.29) is 22.5 Å². The first kappa shape index (κ1) is 27.8. The zero-order valence-corrected chi connectivity index (χ0v) is 24.6. The lowest BCUT2D eigenvalue weighted by molar-refractivity contribution is 0.0686. The number of aromatic carboxylic acids is 2. The summed E-state index contributed by atoms with van der Waals surface area (Å²) in [6, 6.07) is 9.16. The van der Waals surface area contributed by atoms with Gasteiger partial charge in [0.1, 0.15) is 0 Å². The van der Waals surface area contributed by atoms with E-state index in [9.17, 15) is 19.8 Å². The van der Waals surface area contributed by atoms with Gasteiger partial charge >= 0.3 is 11.9 Å². The number of hydrogen-bond donors (Lipinski definition) is 2. The molecule has 5 aromatic heterocycles. The Kier molecular flexibility index (Phi) is 7.32. The minimum absolute atomic E-state index is 0.00945. The van der Waals surface area contributed by atoms with Crippen molar-refractivity contribution in [1.82, 2.24) is 15.0 Å². The molecule has 7 rings (SSSR count). The van der Waals surface area contributed by atoms with Crippen molar-refractivity contribution >= 4 is 34.6 Å². The number of rotatable bonds is 6. The maximum atomic E-state index is 12.1. The third-order valence-corrected chi connectivity index (χ3v) is 9.25. The molecule has 0 fully saturated rings. The highest BCUT2D eigenvalue weighted by Crippen LogP contribution is 2.58. The van der Waals surface area contributed by atoms with Crippen LogP contribution in [0.25, 0.3) is 43.0 Å². The van der Waals surface area contributed by atoms with Crippen LogP contribution in [0.15, 0.2) is 54.2 Å². The molecule has 0 aliphatic carbocycles. The zero-order chi connectivity index (χ0) is 30.2. The Morgan fingerprint density at radius 1 is 0.659 bits per heavy atom. The van der Waals surface area contributed by atoms with Crippen LogP contribution in [0.1, 0.15) is 33.6 Å². The monoisotopic (exact) mass is 629 g/mol. The van der Waals surface area contributed by atoms with Crippen molar-refractivity contribution in [3.63, 3.8) is 0 Å². The molecule has 11 nitrogen and oxygen atoms in total. The van der Waals surface area contributed by atoms with E-state index in [0.29, 0.717) is 55.1 Å². The molecule has 0 unspecified atom stereocenters. The Morgan fingerprint density at radius 3 is 1.95 bits per heavy atom. The van der Waals surface area contributed by atoms with Crippen molar-refractivity contribution in [2.75, 3.05) is 26.4 Å². The summed E-state index contributed by atoms with van der Waals surface area (Å²) in [6.45, 7) is 2.15. The second-order valence-corrected chi connectivity index (χ2v) is 11.8. The van der Waals surface area contributed by atoms with Crippen LogP contribution in [0.4, 0.5) is 0 Å². The molecular weight excluding hydrogens is 606 g/mol. The zero-order valence-electron chi connectivity index (χ0n) is 22.9. The lowest BCUT2D eigenvalue weighted by atomic mass is 10.1. The number of ether oxygens (including phenoxy) is 4.